The van der Waals surface area contributed by atoms with Crippen molar-refractivity contribution in [2.75, 3.05) is 44.7 Å². The minimum Gasteiger partial charge on any atom is -0.379 e. The van der Waals surface area contributed by atoms with Crippen molar-refractivity contribution in [3.8, 4) is 0 Å². The van der Waals surface area contributed by atoms with Gasteiger partial charge < -0.3 is 14.2 Å². The lowest BCUT2D eigenvalue weighted by molar-refractivity contribution is 0.0304. The molecule has 0 amide bonds. The molecule has 140 valence electrons. The highest BCUT2D eigenvalue weighted by molar-refractivity contribution is 7.92. The first-order valence-corrected chi connectivity index (χ1v) is 10.9. The number of nitrogens with one attached hydrogen (secondary N) is 1. The molecule has 0 aromatic carbocycles. The lowest BCUT2D eigenvalue weighted by atomic mass is 10.5. The molecule has 0 aromatic heterocycles. The maximum absolute atomic E-state index is 11.6. The molecule has 0 unspecified atom stereocenters. The summed E-state index contributed by atoms with van der Waals surface area (Å²) in [5.41, 5.74) is 0. The van der Waals surface area contributed by atoms with Crippen molar-refractivity contribution >= 4 is 19.9 Å². The van der Waals surface area contributed by atoms with Crippen LogP contribution in [0.2, 0.25) is 0 Å². The Labute approximate surface area is 139 Å². The van der Waals surface area contributed by atoms with Gasteiger partial charge in [0.15, 0.2) is 15.8 Å². The monoisotopic (exact) mass is 375 g/mol. The molecule has 0 aliphatic heterocycles. The molecule has 0 rings (SSSR count). The Morgan fingerprint density at radius 1 is 0.870 bits per heavy atom. The van der Waals surface area contributed by atoms with Gasteiger partial charge in [-0.05, 0) is 27.7 Å². The Kier molecular flexibility index (Phi) is 11.2. The van der Waals surface area contributed by atoms with Crippen LogP contribution < -0.4 is 4.72 Å². The van der Waals surface area contributed by atoms with E-state index >= 15 is 0 Å². The van der Waals surface area contributed by atoms with E-state index in [0.29, 0.717) is 6.61 Å². The molecule has 23 heavy (non-hydrogen) atoms. The molecule has 8 nitrogen and oxygen atoms in total. The van der Waals surface area contributed by atoms with Crippen LogP contribution in [0.4, 0.5) is 0 Å². The summed E-state index contributed by atoms with van der Waals surface area (Å²) in [6.07, 6.45) is 0.0741. The van der Waals surface area contributed by atoms with Gasteiger partial charge in [-0.15, -0.1) is 0 Å². The second-order valence-corrected chi connectivity index (χ2v) is 9.91. The van der Waals surface area contributed by atoms with E-state index in [9.17, 15) is 16.8 Å². The van der Waals surface area contributed by atoms with E-state index in [0.717, 1.165) is 0 Å². The summed E-state index contributed by atoms with van der Waals surface area (Å²) in [5.74, 6) is -0.521. The topological polar surface area (TPSA) is 108 Å². The molecule has 0 aliphatic carbocycles. The molecule has 0 radical (unpaired) electrons. The normalized spacial score (nSPS) is 13.1. The minimum absolute atomic E-state index is 0.0469. The molecule has 1 N–H and O–H groups in total. The number of sulfonamides is 1. The molecule has 0 fully saturated rings. The summed E-state index contributed by atoms with van der Waals surface area (Å²) < 4.78 is 63.8. The molecule has 0 saturated heterocycles. The predicted molar refractivity (Wildman–Crippen MR) is 88.6 cm³/mol. The van der Waals surface area contributed by atoms with E-state index in [2.05, 4.69) is 4.72 Å². The molecule has 0 spiro atoms. The van der Waals surface area contributed by atoms with Crippen LogP contribution in [0.3, 0.4) is 0 Å². The number of rotatable bonds is 14. The van der Waals surface area contributed by atoms with Gasteiger partial charge in [-0.3, -0.25) is 0 Å². The van der Waals surface area contributed by atoms with Gasteiger partial charge in [-0.1, -0.05) is 0 Å². The van der Waals surface area contributed by atoms with Crippen molar-refractivity contribution in [2.45, 2.75) is 39.0 Å². The Hall–Kier alpha value is -0.260. The van der Waals surface area contributed by atoms with Crippen LogP contribution in [0.1, 0.15) is 27.7 Å². The first kappa shape index (κ1) is 22.7. The van der Waals surface area contributed by atoms with Crippen molar-refractivity contribution < 1.29 is 31.0 Å². The zero-order valence-corrected chi connectivity index (χ0v) is 15.9. The standard InChI is InChI=1S/C13H29NO7S2/c1-12(2)21-8-7-20-11-23(17,18)14-5-6-19-9-10-22(15,16)13(3)4/h12-14H,5-11H2,1-4H3. The molecule has 0 bridgehead atoms. The molecule has 0 saturated carbocycles. The van der Waals surface area contributed by atoms with Crippen LogP contribution in [0.25, 0.3) is 0 Å². The van der Waals surface area contributed by atoms with Gasteiger partial charge in [-0.2, -0.15) is 0 Å². The van der Waals surface area contributed by atoms with Crippen LogP contribution in [-0.2, 0) is 34.1 Å². The van der Waals surface area contributed by atoms with Crippen molar-refractivity contribution in [3.05, 3.63) is 0 Å². The molecular weight excluding hydrogens is 346 g/mol. The van der Waals surface area contributed by atoms with Gasteiger partial charge >= 0.3 is 0 Å². The highest BCUT2D eigenvalue weighted by atomic mass is 32.2. The van der Waals surface area contributed by atoms with Gasteiger partial charge in [0.1, 0.15) is 0 Å². The molecule has 10 heteroatoms. The smallest absolute Gasteiger partial charge is 0.235 e. The zero-order valence-electron chi connectivity index (χ0n) is 14.3. The first-order chi connectivity index (χ1) is 10.6. The highest BCUT2D eigenvalue weighted by Crippen LogP contribution is 2.00. The van der Waals surface area contributed by atoms with Crippen LogP contribution >= 0.6 is 0 Å². The van der Waals surface area contributed by atoms with E-state index in [1.165, 1.54) is 0 Å². The van der Waals surface area contributed by atoms with Crippen LogP contribution in [0.5, 0.6) is 0 Å². The summed E-state index contributed by atoms with van der Waals surface area (Å²) in [7, 11) is -6.67. The quantitative estimate of drug-likeness (QED) is 0.430. The van der Waals surface area contributed by atoms with Gasteiger partial charge in [0.25, 0.3) is 0 Å². The first-order valence-electron chi connectivity index (χ1n) is 7.53. The fraction of sp³-hybridized carbons (Fsp3) is 1.00. The maximum atomic E-state index is 11.6. The Morgan fingerprint density at radius 2 is 1.52 bits per heavy atom. The van der Waals surface area contributed by atoms with Crippen LogP contribution in [0.15, 0.2) is 0 Å². The maximum Gasteiger partial charge on any atom is 0.235 e. The largest absolute Gasteiger partial charge is 0.379 e. The summed E-state index contributed by atoms with van der Waals surface area (Å²) in [6.45, 7) is 7.72. The second-order valence-electron chi connectivity index (χ2n) is 5.48. The SMILES string of the molecule is CC(C)OCCOCS(=O)(=O)NCCOCCS(=O)(=O)C(C)C. The number of ether oxygens (including phenoxy) is 3. The number of sulfone groups is 1. The number of hydrogen-bond donors (Lipinski definition) is 1. The summed E-state index contributed by atoms with van der Waals surface area (Å²) >= 11 is 0. The summed E-state index contributed by atoms with van der Waals surface area (Å²) in [5, 5.41) is -0.443. The van der Waals surface area contributed by atoms with Gasteiger partial charge in [0.05, 0.1) is 43.5 Å². The van der Waals surface area contributed by atoms with Gasteiger partial charge in [0.2, 0.25) is 10.0 Å². The third-order valence-electron chi connectivity index (χ3n) is 2.72. The molecule has 0 heterocycles. The average molecular weight is 376 g/mol. The zero-order chi connectivity index (χ0) is 17.9. The summed E-state index contributed by atoms with van der Waals surface area (Å²) in [6, 6.07) is 0. The summed E-state index contributed by atoms with van der Waals surface area (Å²) in [4.78, 5) is 0. The highest BCUT2D eigenvalue weighted by Gasteiger charge is 2.15. The second kappa shape index (κ2) is 11.3. The molecule has 0 aromatic rings. The fourth-order valence-electron chi connectivity index (χ4n) is 1.34. The van der Waals surface area contributed by atoms with Crippen molar-refractivity contribution in [2.24, 2.45) is 0 Å². The average Bonchev–Trinajstić information content (AvgIpc) is 2.41. The Bertz CT molecular complexity index is 500. The van der Waals surface area contributed by atoms with E-state index in [1.807, 2.05) is 13.8 Å². The minimum atomic E-state index is -3.54. The predicted octanol–water partition coefficient (Wildman–Crippen LogP) is 0.145. The third-order valence-corrected chi connectivity index (χ3v) is 6.01. The van der Waals surface area contributed by atoms with E-state index < -0.39 is 31.0 Å². The fourth-order valence-corrected chi connectivity index (χ4v) is 2.97. The van der Waals surface area contributed by atoms with E-state index in [4.69, 9.17) is 14.2 Å². The Morgan fingerprint density at radius 3 is 2.09 bits per heavy atom. The van der Waals surface area contributed by atoms with E-state index in [-0.39, 0.29) is 38.2 Å². The van der Waals surface area contributed by atoms with Crippen molar-refractivity contribution in [1.82, 2.24) is 4.72 Å². The lowest BCUT2D eigenvalue weighted by Gasteiger charge is -2.10. The number of hydrogen-bond acceptors (Lipinski definition) is 7. The molecule has 0 aliphatic rings. The van der Waals surface area contributed by atoms with Gasteiger partial charge in [0, 0.05) is 6.54 Å². The van der Waals surface area contributed by atoms with Crippen molar-refractivity contribution in [3.63, 3.8) is 0 Å². The van der Waals surface area contributed by atoms with Crippen molar-refractivity contribution in [1.29, 1.82) is 0 Å². The molecular formula is C13H29NO7S2. The van der Waals surface area contributed by atoms with Crippen LogP contribution in [0, 0.1) is 0 Å². The third kappa shape index (κ3) is 12.8. The van der Waals surface area contributed by atoms with Crippen LogP contribution in [-0.4, -0.2) is 72.9 Å². The lowest BCUT2D eigenvalue weighted by Crippen LogP contribution is -2.31. The van der Waals surface area contributed by atoms with Gasteiger partial charge in [-0.25, -0.2) is 21.6 Å². The molecule has 0 atom stereocenters. The van der Waals surface area contributed by atoms with E-state index in [1.54, 1.807) is 13.8 Å². The Balaban J connectivity index is 3.71.